The molecule has 0 amide bonds. The highest BCUT2D eigenvalue weighted by molar-refractivity contribution is 5.88. The van der Waals surface area contributed by atoms with E-state index in [0.717, 1.165) is 44.9 Å². The highest BCUT2D eigenvalue weighted by Gasteiger charge is 2.65. The molecule has 0 radical (unpaired) electrons. The summed E-state index contributed by atoms with van der Waals surface area (Å²) in [5.41, 5.74) is 2.37. The van der Waals surface area contributed by atoms with Gasteiger partial charge in [0.15, 0.2) is 0 Å². The SMILES string of the molecule is C[C@]12CC=C3C=C4C=CCC[C@]45CC[C@]3(O5)[C@@H]1CCC2=O. The van der Waals surface area contributed by atoms with Gasteiger partial charge < -0.3 is 4.74 Å². The number of hydrogen-bond acceptors (Lipinski definition) is 2. The normalized spacial score (nSPS) is 50.1. The van der Waals surface area contributed by atoms with Gasteiger partial charge in [0.05, 0.1) is 11.2 Å². The van der Waals surface area contributed by atoms with Crippen LogP contribution in [0.2, 0.25) is 0 Å². The lowest BCUT2D eigenvalue weighted by atomic mass is 9.61. The third kappa shape index (κ3) is 1.27. The molecule has 0 N–H and O–H groups in total. The Labute approximate surface area is 125 Å². The summed E-state index contributed by atoms with van der Waals surface area (Å²) in [6.45, 7) is 2.18. The van der Waals surface area contributed by atoms with Crippen molar-refractivity contribution in [2.75, 3.05) is 0 Å². The zero-order chi connectivity index (χ0) is 14.3. The summed E-state index contributed by atoms with van der Waals surface area (Å²) in [4.78, 5) is 12.4. The second-order valence-corrected chi connectivity index (χ2v) is 7.82. The summed E-state index contributed by atoms with van der Waals surface area (Å²) in [5, 5.41) is 0. The molecule has 2 aliphatic heterocycles. The number of carbonyl (C=O) groups excluding carboxylic acids is 1. The maximum absolute atomic E-state index is 12.4. The van der Waals surface area contributed by atoms with Crippen molar-refractivity contribution in [2.24, 2.45) is 11.3 Å². The van der Waals surface area contributed by atoms with E-state index < -0.39 is 0 Å². The standard InChI is InChI=1S/C19H22O2/c1-17-9-7-14-12-13-4-2-3-8-18(13)10-11-19(14,21-18)15(17)5-6-16(17)20/h2,4,7,12,15H,3,5-6,8-11H2,1H3/t15-,17+,18+,19-/m1/s1. The summed E-state index contributed by atoms with van der Waals surface area (Å²) >= 11 is 0. The van der Waals surface area contributed by atoms with Gasteiger partial charge in [0.2, 0.25) is 0 Å². The Morgan fingerprint density at radius 2 is 2.14 bits per heavy atom. The number of ketones is 1. The van der Waals surface area contributed by atoms with Crippen LogP contribution in [-0.2, 0) is 9.53 Å². The quantitative estimate of drug-likeness (QED) is 0.674. The number of fused-ring (bicyclic) bond motifs is 1. The number of hydrogen-bond donors (Lipinski definition) is 0. The molecule has 3 aliphatic carbocycles. The molecule has 2 heteroatoms. The number of Topliss-reactive ketones (excluding diaryl/α,β-unsaturated/α-hetero) is 1. The van der Waals surface area contributed by atoms with Crippen LogP contribution in [-0.4, -0.2) is 17.0 Å². The van der Waals surface area contributed by atoms with Crippen LogP contribution < -0.4 is 0 Å². The van der Waals surface area contributed by atoms with Crippen molar-refractivity contribution in [3.63, 3.8) is 0 Å². The molecule has 2 nitrogen and oxygen atoms in total. The van der Waals surface area contributed by atoms with Crippen molar-refractivity contribution in [1.29, 1.82) is 0 Å². The second-order valence-electron chi connectivity index (χ2n) is 7.82. The Kier molecular flexibility index (Phi) is 2.13. The molecule has 5 aliphatic rings. The zero-order valence-electron chi connectivity index (χ0n) is 12.7. The van der Waals surface area contributed by atoms with Gasteiger partial charge in [-0.2, -0.15) is 0 Å². The van der Waals surface area contributed by atoms with Crippen molar-refractivity contribution in [3.05, 3.63) is 35.5 Å². The first-order chi connectivity index (χ1) is 10.1. The van der Waals surface area contributed by atoms with Crippen LogP contribution in [0.5, 0.6) is 0 Å². The van der Waals surface area contributed by atoms with Gasteiger partial charge in [-0.25, -0.2) is 0 Å². The third-order valence-corrected chi connectivity index (χ3v) is 6.99. The van der Waals surface area contributed by atoms with Gasteiger partial charge >= 0.3 is 0 Å². The van der Waals surface area contributed by atoms with E-state index >= 15 is 0 Å². The van der Waals surface area contributed by atoms with E-state index in [1.807, 2.05) is 0 Å². The fourth-order valence-corrected chi connectivity index (χ4v) is 5.79. The van der Waals surface area contributed by atoms with Crippen LogP contribution in [0.15, 0.2) is 35.5 Å². The van der Waals surface area contributed by atoms with Gasteiger partial charge in [-0.1, -0.05) is 31.2 Å². The summed E-state index contributed by atoms with van der Waals surface area (Å²) in [7, 11) is 0. The minimum Gasteiger partial charge on any atom is -0.359 e. The largest absolute Gasteiger partial charge is 0.359 e. The fourth-order valence-electron chi connectivity index (χ4n) is 5.79. The van der Waals surface area contributed by atoms with Gasteiger partial charge in [0.1, 0.15) is 5.78 Å². The number of ether oxygens (including phenoxy) is 1. The molecule has 21 heavy (non-hydrogen) atoms. The highest BCUT2D eigenvalue weighted by atomic mass is 16.5. The van der Waals surface area contributed by atoms with Gasteiger partial charge in [0.25, 0.3) is 0 Å². The molecule has 110 valence electrons. The molecular weight excluding hydrogens is 260 g/mol. The molecule has 2 spiro atoms. The number of carbonyl (C=O) groups is 1. The Morgan fingerprint density at radius 1 is 1.24 bits per heavy atom. The maximum Gasteiger partial charge on any atom is 0.139 e. The fraction of sp³-hybridized carbons (Fsp3) is 0.632. The van der Waals surface area contributed by atoms with Crippen LogP contribution in [0, 0.1) is 11.3 Å². The molecule has 1 saturated carbocycles. The van der Waals surface area contributed by atoms with Crippen molar-refractivity contribution in [1.82, 2.24) is 0 Å². The molecule has 0 aromatic heterocycles. The first-order valence-electron chi connectivity index (χ1n) is 8.42. The molecular formula is C19H22O2. The van der Waals surface area contributed by atoms with E-state index in [4.69, 9.17) is 4.74 Å². The first kappa shape index (κ1) is 12.4. The number of allylic oxidation sites excluding steroid dienone is 2. The van der Waals surface area contributed by atoms with E-state index in [1.54, 1.807) is 0 Å². The molecule has 0 aromatic rings. The van der Waals surface area contributed by atoms with E-state index in [9.17, 15) is 4.79 Å². The molecule has 0 unspecified atom stereocenters. The lowest BCUT2D eigenvalue weighted by molar-refractivity contribution is -0.143. The van der Waals surface area contributed by atoms with Crippen LogP contribution in [0.3, 0.4) is 0 Å². The lowest BCUT2D eigenvalue weighted by Crippen LogP contribution is -2.53. The highest BCUT2D eigenvalue weighted by Crippen LogP contribution is 2.64. The smallest absolute Gasteiger partial charge is 0.139 e. The monoisotopic (exact) mass is 282 g/mol. The van der Waals surface area contributed by atoms with Crippen LogP contribution in [0.4, 0.5) is 0 Å². The minimum absolute atomic E-state index is 0.0457. The van der Waals surface area contributed by atoms with E-state index in [1.165, 1.54) is 11.1 Å². The molecule has 4 atom stereocenters. The molecule has 5 rings (SSSR count). The predicted octanol–water partition coefficient (Wildman–Crippen LogP) is 3.88. The second kappa shape index (κ2) is 3.60. The topological polar surface area (TPSA) is 26.3 Å². The van der Waals surface area contributed by atoms with Gasteiger partial charge in [-0.15, -0.1) is 0 Å². The van der Waals surface area contributed by atoms with Crippen LogP contribution >= 0.6 is 0 Å². The van der Waals surface area contributed by atoms with Crippen LogP contribution in [0.25, 0.3) is 0 Å². The van der Waals surface area contributed by atoms with Crippen LogP contribution in [0.1, 0.15) is 51.9 Å². The van der Waals surface area contributed by atoms with E-state index in [-0.39, 0.29) is 16.6 Å². The van der Waals surface area contributed by atoms with Gasteiger partial charge in [-0.05, 0) is 49.7 Å². The van der Waals surface area contributed by atoms with Crippen molar-refractivity contribution >= 4 is 5.78 Å². The van der Waals surface area contributed by atoms with Crippen molar-refractivity contribution < 1.29 is 9.53 Å². The third-order valence-electron chi connectivity index (χ3n) is 6.99. The molecule has 2 fully saturated rings. The van der Waals surface area contributed by atoms with Crippen molar-refractivity contribution in [2.45, 2.75) is 63.1 Å². The maximum atomic E-state index is 12.4. The zero-order valence-corrected chi connectivity index (χ0v) is 12.7. The lowest BCUT2D eigenvalue weighted by Gasteiger charge is -2.51. The average molecular weight is 282 g/mol. The summed E-state index contributed by atoms with van der Waals surface area (Å²) < 4.78 is 6.87. The Hall–Kier alpha value is -1.15. The average Bonchev–Trinajstić information content (AvgIpc) is 2.95. The Balaban J connectivity index is 1.71. The van der Waals surface area contributed by atoms with Crippen molar-refractivity contribution in [3.8, 4) is 0 Å². The molecule has 0 aromatic carbocycles. The Bertz CT molecular complexity index is 640. The number of rotatable bonds is 0. The summed E-state index contributed by atoms with van der Waals surface area (Å²) in [5.74, 6) is 0.848. The molecule has 2 bridgehead atoms. The molecule has 1 saturated heterocycles. The first-order valence-corrected chi connectivity index (χ1v) is 8.42. The summed E-state index contributed by atoms with van der Waals surface area (Å²) in [6.07, 6.45) is 16.4. The van der Waals surface area contributed by atoms with Gasteiger partial charge in [0, 0.05) is 17.8 Å². The van der Waals surface area contributed by atoms with E-state index in [0.29, 0.717) is 11.7 Å². The Morgan fingerprint density at radius 3 is 3.05 bits per heavy atom. The van der Waals surface area contributed by atoms with E-state index in [2.05, 4.69) is 31.2 Å². The predicted molar refractivity (Wildman–Crippen MR) is 80.8 cm³/mol. The molecule has 2 heterocycles. The van der Waals surface area contributed by atoms with Gasteiger partial charge in [-0.3, -0.25) is 4.79 Å². The summed E-state index contributed by atoms with van der Waals surface area (Å²) in [6, 6.07) is 0. The minimum atomic E-state index is -0.176.